The predicted molar refractivity (Wildman–Crippen MR) is 70.4 cm³/mol. The van der Waals surface area contributed by atoms with Crippen molar-refractivity contribution in [3.8, 4) is 0 Å². The maximum absolute atomic E-state index is 12.5. The number of fused-ring (bicyclic) bond motifs is 1. The van der Waals surface area contributed by atoms with E-state index in [1.807, 2.05) is 18.2 Å². The van der Waals surface area contributed by atoms with Gasteiger partial charge in [-0.3, -0.25) is 19.3 Å². The lowest BCUT2D eigenvalue weighted by Crippen LogP contribution is -2.59. The van der Waals surface area contributed by atoms with Crippen LogP contribution in [0.5, 0.6) is 0 Å². The molecule has 6 heteroatoms. The van der Waals surface area contributed by atoms with Crippen molar-refractivity contribution >= 4 is 28.8 Å². The molecule has 19 heavy (non-hydrogen) atoms. The molecule has 2 atom stereocenters. The van der Waals surface area contributed by atoms with E-state index in [0.29, 0.717) is 5.75 Å². The summed E-state index contributed by atoms with van der Waals surface area (Å²) in [4.78, 5) is 39.0. The molecule has 2 aliphatic heterocycles. The summed E-state index contributed by atoms with van der Waals surface area (Å²) in [6.45, 7) is 0. The van der Waals surface area contributed by atoms with Crippen LogP contribution in [0, 0.1) is 0 Å². The van der Waals surface area contributed by atoms with Crippen molar-refractivity contribution < 1.29 is 14.4 Å². The van der Waals surface area contributed by atoms with Crippen molar-refractivity contribution in [1.82, 2.24) is 9.80 Å². The normalized spacial score (nSPS) is 26.9. The van der Waals surface area contributed by atoms with Crippen molar-refractivity contribution in [2.45, 2.75) is 12.1 Å². The second-order valence-corrected chi connectivity index (χ2v) is 5.53. The van der Waals surface area contributed by atoms with Crippen molar-refractivity contribution in [2.24, 2.45) is 0 Å². The number of likely N-dealkylation sites (N-methyl/N-ethyl adjacent to an activating group) is 1. The highest BCUT2D eigenvalue weighted by Crippen LogP contribution is 2.35. The molecule has 0 aromatic heterocycles. The van der Waals surface area contributed by atoms with Gasteiger partial charge in [0.2, 0.25) is 5.91 Å². The lowest BCUT2D eigenvalue weighted by Gasteiger charge is -2.38. The fourth-order valence-electron chi connectivity index (χ4n) is 2.51. The first-order valence-corrected chi connectivity index (χ1v) is 6.91. The number of nitrogens with zero attached hydrogens (tertiary/aromatic N) is 2. The lowest BCUT2D eigenvalue weighted by molar-refractivity contribution is -0.155. The molecule has 0 spiro atoms. The molecule has 5 nitrogen and oxygen atoms in total. The summed E-state index contributed by atoms with van der Waals surface area (Å²) < 4.78 is 0. The van der Waals surface area contributed by atoms with Gasteiger partial charge in [-0.15, -0.1) is 0 Å². The van der Waals surface area contributed by atoms with Gasteiger partial charge in [-0.1, -0.05) is 42.1 Å². The Hall–Kier alpha value is -1.82. The number of carbonyl (C=O) groups excluding carboxylic acids is 3. The molecule has 98 valence electrons. The zero-order chi connectivity index (χ0) is 13.6. The summed E-state index contributed by atoms with van der Waals surface area (Å²) in [7, 11) is 1.61. The Balaban J connectivity index is 2.03. The Morgan fingerprint density at radius 2 is 1.79 bits per heavy atom. The minimum Gasteiger partial charge on any atom is -0.328 e. The van der Waals surface area contributed by atoms with Gasteiger partial charge in [-0.2, -0.15) is 0 Å². The Morgan fingerprint density at radius 1 is 1.11 bits per heavy atom. The molecule has 2 heterocycles. The molecule has 2 fully saturated rings. The summed E-state index contributed by atoms with van der Waals surface area (Å²) in [6.07, 6.45) is 0. The number of benzene rings is 1. The number of thioether (sulfide) groups is 1. The van der Waals surface area contributed by atoms with Crippen LogP contribution in [0.3, 0.4) is 0 Å². The molecule has 2 saturated heterocycles. The van der Waals surface area contributed by atoms with Gasteiger partial charge in [0.1, 0.15) is 12.1 Å². The first kappa shape index (κ1) is 12.2. The summed E-state index contributed by atoms with van der Waals surface area (Å²) in [5, 5.41) is -0.322. The van der Waals surface area contributed by atoms with Crippen LogP contribution in [-0.2, 0) is 9.59 Å². The smallest absolute Gasteiger partial charge is 0.289 e. The summed E-state index contributed by atoms with van der Waals surface area (Å²) in [6, 6.07) is 7.72. The van der Waals surface area contributed by atoms with E-state index in [1.165, 1.54) is 4.90 Å². The average Bonchev–Trinajstić information content (AvgIpc) is 2.80. The molecule has 2 aliphatic rings. The second kappa shape index (κ2) is 4.38. The van der Waals surface area contributed by atoms with Gasteiger partial charge < -0.3 is 4.90 Å². The molecule has 0 saturated carbocycles. The number of carbonyl (C=O) groups is 3. The zero-order valence-electron chi connectivity index (χ0n) is 10.3. The van der Waals surface area contributed by atoms with Crippen LogP contribution in [0.15, 0.2) is 30.3 Å². The third-order valence-corrected chi connectivity index (χ3v) is 4.41. The van der Waals surface area contributed by atoms with E-state index >= 15 is 0 Å². The Morgan fingerprint density at radius 3 is 2.47 bits per heavy atom. The maximum atomic E-state index is 12.5. The molecular formula is C13H12N2O3S. The van der Waals surface area contributed by atoms with Crippen molar-refractivity contribution in [3.05, 3.63) is 35.9 Å². The monoisotopic (exact) mass is 276 g/mol. The third kappa shape index (κ3) is 1.74. The van der Waals surface area contributed by atoms with Crippen molar-refractivity contribution in [2.75, 3.05) is 12.8 Å². The number of piperazine rings is 1. The quantitative estimate of drug-likeness (QED) is 0.775. The van der Waals surface area contributed by atoms with Gasteiger partial charge in [-0.05, 0) is 5.56 Å². The van der Waals surface area contributed by atoms with Gasteiger partial charge in [-0.25, -0.2) is 0 Å². The fraction of sp³-hybridized carbons (Fsp3) is 0.308. The Labute approximate surface area is 114 Å². The number of rotatable bonds is 1. The summed E-state index contributed by atoms with van der Waals surface area (Å²) >= 11 is 1.03. The van der Waals surface area contributed by atoms with E-state index in [2.05, 4.69) is 0 Å². The van der Waals surface area contributed by atoms with Gasteiger partial charge in [0.15, 0.2) is 0 Å². The zero-order valence-corrected chi connectivity index (χ0v) is 11.1. The van der Waals surface area contributed by atoms with Crippen LogP contribution in [0.2, 0.25) is 0 Å². The molecular weight excluding hydrogens is 264 g/mol. The highest BCUT2D eigenvalue weighted by atomic mass is 32.2. The molecule has 1 aromatic rings. The number of imide groups is 1. The Kier molecular flexibility index (Phi) is 2.82. The lowest BCUT2D eigenvalue weighted by atomic mass is 9.99. The molecule has 0 radical (unpaired) electrons. The minimum atomic E-state index is -0.701. The van der Waals surface area contributed by atoms with Gasteiger partial charge >= 0.3 is 0 Å². The number of amides is 3. The van der Waals surface area contributed by atoms with E-state index in [1.54, 1.807) is 19.2 Å². The molecule has 0 aliphatic carbocycles. The second-order valence-electron chi connectivity index (χ2n) is 4.56. The Bertz CT molecular complexity index is 560. The van der Waals surface area contributed by atoms with E-state index in [0.717, 1.165) is 22.2 Å². The van der Waals surface area contributed by atoms with Crippen molar-refractivity contribution in [1.29, 1.82) is 0 Å². The molecule has 1 aromatic carbocycles. The standard InChI is InChI=1S/C13H12N2O3S/c1-14-10(8-5-3-2-4-6-8)12(17)15-9(11(14)16)7-19-13(15)18/h2-6,9-10H,7H2,1H3. The fourth-order valence-corrected chi connectivity index (χ4v) is 3.46. The highest BCUT2D eigenvalue weighted by molar-refractivity contribution is 8.14. The topological polar surface area (TPSA) is 57.7 Å². The number of hydrogen-bond donors (Lipinski definition) is 0. The molecule has 3 rings (SSSR count). The first-order valence-electron chi connectivity index (χ1n) is 5.92. The SMILES string of the molecule is CN1C(=O)C2CSC(=O)N2C(=O)C1c1ccccc1. The minimum absolute atomic E-state index is 0.174. The van der Waals surface area contributed by atoms with E-state index in [4.69, 9.17) is 0 Å². The van der Waals surface area contributed by atoms with Crippen LogP contribution >= 0.6 is 11.8 Å². The molecule has 3 amide bonds. The van der Waals surface area contributed by atoms with Crippen molar-refractivity contribution in [3.63, 3.8) is 0 Å². The van der Waals surface area contributed by atoms with Crippen LogP contribution < -0.4 is 0 Å². The van der Waals surface area contributed by atoms with Crippen LogP contribution in [0.1, 0.15) is 11.6 Å². The van der Waals surface area contributed by atoms with Crippen LogP contribution in [0.25, 0.3) is 0 Å². The van der Waals surface area contributed by atoms with E-state index < -0.39 is 12.1 Å². The highest BCUT2D eigenvalue weighted by Gasteiger charge is 2.51. The molecule has 2 unspecified atom stereocenters. The molecule has 0 bridgehead atoms. The van der Waals surface area contributed by atoms with E-state index in [9.17, 15) is 14.4 Å². The predicted octanol–water partition coefficient (Wildman–Crippen LogP) is 1.26. The maximum Gasteiger partial charge on any atom is 0.289 e. The first-order chi connectivity index (χ1) is 9.11. The van der Waals surface area contributed by atoms with Crippen LogP contribution in [-0.4, -0.2) is 45.7 Å². The largest absolute Gasteiger partial charge is 0.328 e. The summed E-state index contributed by atoms with van der Waals surface area (Å²) in [5.41, 5.74) is 0.728. The average molecular weight is 276 g/mol. The van der Waals surface area contributed by atoms with Gasteiger partial charge in [0.25, 0.3) is 11.1 Å². The third-order valence-electron chi connectivity index (χ3n) is 3.48. The van der Waals surface area contributed by atoms with E-state index in [-0.39, 0.29) is 17.1 Å². The van der Waals surface area contributed by atoms with Crippen LogP contribution in [0.4, 0.5) is 4.79 Å². The molecule has 0 N–H and O–H groups in total. The summed E-state index contributed by atoms with van der Waals surface area (Å²) in [5.74, 6) is -0.130. The number of hydrogen-bond acceptors (Lipinski definition) is 4. The van der Waals surface area contributed by atoms with Gasteiger partial charge in [0.05, 0.1) is 0 Å². The van der Waals surface area contributed by atoms with Gasteiger partial charge in [0, 0.05) is 12.8 Å².